The second-order valence-corrected chi connectivity index (χ2v) is 6.08. The summed E-state index contributed by atoms with van der Waals surface area (Å²) < 4.78 is 5.31. The number of nitrogens with one attached hydrogen (secondary N) is 3. The third-order valence-electron chi connectivity index (χ3n) is 4.18. The van der Waals surface area contributed by atoms with Gasteiger partial charge in [-0.05, 0) is 36.6 Å². The predicted octanol–water partition coefficient (Wildman–Crippen LogP) is 2.92. The van der Waals surface area contributed by atoms with Gasteiger partial charge < -0.3 is 15.1 Å². The van der Waals surface area contributed by atoms with Gasteiger partial charge in [0.25, 0.3) is 0 Å². The molecule has 7 nitrogen and oxygen atoms in total. The Kier molecular flexibility index (Phi) is 6.62. The second kappa shape index (κ2) is 9.56. The molecule has 27 heavy (non-hydrogen) atoms. The van der Waals surface area contributed by atoms with Gasteiger partial charge in [0.2, 0.25) is 5.82 Å². The first-order valence-electron chi connectivity index (χ1n) is 9.34. The zero-order valence-electron chi connectivity index (χ0n) is 15.8. The van der Waals surface area contributed by atoms with Crippen LogP contribution in [0.1, 0.15) is 30.8 Å². The number of nitrogens with zero attached hydrogens (tertiary/aromatic N) is 3. The molecule has 0 aliphatic heterocycles. The van der Waals surface area contributed by atoms with Gasteiger partial charge in [-0.3, -0.25) is 5.10 Å². The number of furan rings is 1. The van der Waals surface area contributed by atoms with Gasteiger partial charge in [0, 0.05) is 19.5 Å². The number of H-pyrrole nitrogens is 1. The van der Waals surface area contributed by atoms with Crippen molar-refractivity contribution in [2.75, 3.05) is 13.1 Å². The molecule has 7 heteroatoms. The summed E-state index contributed by atoms with van der Waals surface area (Å²) in [5.74, 6) is 2.84. The minimum atomic E-state index is 0.576. The van der Waals surface area contributed by atoms with Crippen LogP contribution in [0.2, 0.25) is 0 Å². The predicted molar refractivity (Wildman–Crippen MR) is 106 cm³/mol. The molecule has 0 amide bonds. The first kappa shape index (κ1) is 18.7. The molecule has 0 saturated heterocycles. The maximum absolute atomic E-state index is 5.31. The summed E-state index contributed by atoms with van der Waals surface area (Å²) in [6.45, 7) is 6.40. The molecule has 0 spiro atoms. The van der Waals surface area contributed by atoms with E-state index in [1.54, 1.807) is 6.26 Å². The van der Waals surface area contributed by atoms with E-state index in [1.807, 2.05) is 12.1 Å². The van der Waals surface area contributed by atoms with Gasteiger partial charge in [-0.15, -0.1) is 0 Å². The van der Waals surface area contributed by atoms with Gasteiger partial charge in [-0.25, -0.2) is 9.98 Å². The Morgan fingerprint density at radius 1 is 1.11 bits per heavy atom. The lowest BCUT2D eigenvalue weighted by atomic mass is 10.1. The molecule has 3 rings (SSSR count). The SMILES string of the molecule is CCNC(=NCc1ccccc1CC)NCCc1nc(-c2ccco2)n[nH]1. The number of rotatable bonds is 8. The van der Waals surface area contributed by atoms with E-state index >= 15 is 0 Å². The highest BCUT2D eigenvalue weighted by atomic mass is 16.3. The Labute approximate surface area is 159 Å². The summed E-state index contributed by atoms with van der Waals surface area (Å²) in [4.78, 5) is 9.15. The lowest BCUT2D eigenvalue weighted by Crippen LogP contribution is -2.38. The Balaban J connectivity index is 1.55. The summed E-state index contributed by atoms with van der Waals surface area (Å²) in [6.07, 6.45) is 3.34. The van der Waals surface area contributed by atoms with Crippen LogP contribution in [0.5, 0.6) is 0 Å². The van der Waals surface area contributed by atoms with E-state index in [1.165, 1.54) is 11.1 Å². The smallest absolute Gasteiger partial charge is 0.216 e. The zero-order chi connectivity index (χ0) is 18.9. The van der Waals surface area contributed by atoms with E-state index in [2.05, 4.69) is 63.9 Å². The van der Waals surface area contributed by atoms with Crippen molar-refractivity contribution in [3.63, 3.8) is 0 Å². The molecule has 2 aromatic heterocycles. The Morgan fingerprint density at radius 2 is 1.96 bits per heavy atom. The Bertz CT molecular complexity index is 853. The molecule has 2 heterocycles. The molecule has 0 atom stereocenters. The normalized spacial score (nSPS) is 11.6. The van der Waals surface area contributed by atoms with Gasteiger partial charge in [0.1, 0.15) is 5.82 Å². The minimum Gasteiger partial charge on any atom is -0.461 e. The molecule has 3 aromatic rings. The van der Waals surface area contributed by atoms with Crippen LogP contribution >= 0.6 is 0 Å². The van der Waals surface area contributed by atoms with Gasteiger partial charge in [0.05, 0.1) is 12.8 Å². The average Bonchev–Trinajstić information content (AvgIpc) is 3.38. The Morgan fingerprint density at radius 3 is 2.70 bits per heavy atom. The van der Waals surface area contributed by atoms with Crippen LogP contribution in [0.4, 0.5) is 0 Å². The molecule has 0 unspecified atom stereocenters. The molecule has 0 radical (unpaired) electrons. The monoisotopic (exact) mass is 366 g/mol. The highest BCUT2D eigenvalue weighted by molar-refractivity contribution is 5.79. The molecule has 0 fully saturated rings. The molecule has 142 valence electrons. The number of benzene rings is 1. The second-order valence-electron chi connectivity index (χ2n) is 6.08. The Hall–Kier alpha value is -3.09. The van der Waals surface area contributed by atoms with Crippen molar-refractivity contribution in [3.8, 4) is 11.6 Å². The molecule has 0 bridgehead atoms. The topological polar surface area (TPSA) is 91.1 Å². The van der Waals surface area contributed by atoms with E-state index in [0.717, 1.165) is 24.7 Å². The van der Waals surface area contributed by atoms with E-state index in [0.29, 0.717) is 31.1 Å². The van der Waals surface area contributed by atoms with Crippen molar-refractivity contribution in [2.45, 2.75) is 33.2 Å². The summed E-state index contributed by atoms with van der Waals surface area (Å²) in [7, 11) is 0. The van der Waals surface area contributed by atoms with Crippen molar-refractivity contribution in [1.82, 2.24) is 25.8 Å². The summed E-state index contributed by atoms with van der Waals surface area (Å²) >= 11 is 0. The standard InChI is InChI=1S/C20H26N6O/c1-3-15-8-5-6-9-16(15)14-23-20(21-4-2)22-12-11-18-24-19(26-25-18)17-10-7-13-27-17/h5-10,13H,3-4,11-12,14H2,1-2H3,(H2,21,22,23)(H,24,25,26). The third kappa shape index (κ3) is 5.20. The molecule has 3 N–H and O–H groups in total. The van der Waals surface area contributed by atoms with Gasteiger partial charge in [0.15, 0.2) is 11.7 Å². The highest BCUT2D eigenvalue weighted by Gasteiger charge is 2.08. The van der Waals surface area contributed by atoms with E-state index in [9.17, 15) is 0 Å². The van der Waals surface area contributed by atoms with Crippen LogP contribution in [0.25, 0.3) is 11.6 Å². The minimum absolute atomic E-state index is 0.576. The van der Waals surface area contributed by atoms with Crippen molar-refractivity contribution >= 4 is 5.96 Å². The number of hydrogen-bond acceptors (Lipinski definition) is 4. The summed E-state index contributed by atoms with van der Waals surface area (Å²) in [5.41, 5.74) is 2.60. The molecule has 1 aromatic carbocycles. The van der Waals surface area contributed by atoms with Crippen LogP contribution in [-0.2, 0) is 19.4 Å². The first-order valence-corrected chi connectivity index (χ1v) is 9.34. The van der Waals surface area contributed by atoms with Crippen molar-refractivity contribution in [3.05, 3.63) is 59.6 Å². The number of aryl methyl sites for hydroxylation is 1. The first-order chi connectivity index (χ1) is 13.3. The number of hydrogen-bond donors (Lipinski definition) is 3. The fourth-order valence-corrected chi connectivity index (χ4v) is 2.79. The molecular weight excluding hydrogens is 340 g/mol. The van der Waals surface area contributed by atoms with Crippen molar-refractivity contribution in [2.24, 2.45) is 4.99 Å². The third-order valence-corrected chi connectivity index (χ3v) is 4.18. The van der Waals surface area contributed by atoms with Gasteiger partial charge in [-0.2, -0.15) is 5.10 Å². The molecular formula is C20H26N6O. The number of aromatic amines is 1. The number of guanidine groups is 1. The van der Waals surface area contributed by atoms with Crippen LogP contribution < -0.4 is 10.6 Å². The molecule has 0 saturated carbocycles. The fourth-order valence-electron chi connectivity index (χ4n) is 2.79. The lowest BCUT2D eigenvalue weighted by molar-refractivity contribution is 0.577. The van der Waals surface area contributed by atoms with Gasteiger partial charge >= 0.3 is 0 Å². The number of aliphatic imine (C=N–C) groups is 1. The van der Waals surface area contributed by atoms with Crippen molar-refractivity contribution < 1.29 is 4.42 Å². The van der Waals surface area contributed by atoms with Crippen molar-refractivity contribution in [1.29, 1.82) is 0 Å². The van der Waals surface area contributed by atoms with Crippen LogP contribution in [-0.4, -0.2) is 34.2 Å². The quantitative estimate of drug-likeness (QED) is 0.421. The summed E-state index contributed by atoms with van der Waals surface area (Å²) in [5, 5.41) is 13.8. The lowest BCUT2D eigenvalue weighted by Gasteiger charge is -2.11. The van der Waals surface area contributed by atoms with E-state index in [4.69, 9.17) is 9.41 Å². The maximum atomic E-state index is 5.31. The van der Waals surface area contributed by atoms with Crippen LogP contribution in [0.3, 0.4) is 0 Å². The van der Waals surface area contributed by atoms with Crippen LogP contribution in [0, 0.1) is 0 Å². The fraction of sp³-hybridized carbons (Fsp3) is 0.350. The average molecular weight is 366 g/mol. The van der Waals surface area contributed by atoms with Gasteiger partial charge in [-0.1, -0.05) is 31.2 Å². The van der Waals surface area contributed by atoms with E-state index in [-0.39, 0.29) is 0 Å². The molecule has 0 aliphatic carbocycles. The number of aromatic nitrogens is 3. The summed E-state index contributed by atoms with van der Waals surface area (Å²) in [6, 6.07) is 12.1. The molecule has 0 aliphatic rings. The maximum Gasteiger partial charge on any atom is 0.216 e. The highest BCUT2D eigenvalue weighted by Crippen LogP contribution is 2.14. The van der Waals surface area contributed by atoms with Crippen LogP contribution in [0.15, 0.2) is 52.1 Å². The largest absolute Gasteiger partial charge is 0.461 e. The zero-order valence-corrected chi connectivity index (χ0v) is 15.8. The van der Waals surface area contributed by atoms with E-state index < -0.39 is 0 Å².